The van der Waals surface area contributed by atoms with E-state index >= 15 is 4.39 Å². The van der Waals surface area contributed by atoms with E-state index in [1.54, 1.807) is 6.08 Å². The molecule has 4 rings (SSSR count). The number of carbonyl (C=O) groups excluding carboxylic acids is 1. The number of hydrogen-bond acceptors (Lipinski definition) is 2. The van der Waals surface area contributed by atoms with E-state index in [0.717, 1.165) is 12.8 Å². The van der Waals surface area contributed by atoms with Gasteiger partial charge in [0.2, 0.25) is 5.91 Å². The van der Waals surface area contributed by atoms with Crippen molar-refractivity contribution >= 4 is 11.9 Å². The molecule has 0 aromatic rings. The van der Waals surface area contributed by atoms with Gasteiger partial charge in [-0.1, -0.05) is 41.0 Å². The van der Waals surface area contributed by atoms with Crippen LogP contribution in [0.1, 0.15) is 79.6 Å². The van der Waals surface area contributed by atoms with Gasteiger partial charge in [-0.05, 0) is 66.9 Å². The van der Waals surface area contributed by atoms with E-state index in [-0.39, 0.29) is 17.3 Å². The first-order chi connectivity index (χ1) is 13.9. The van der Waals surface area contributed by atoms with Gasteiger partial charge in [0.1, 0.15) is 5.83 Å². The lowest BCUT2D eigenvalue weighted by Gasteiger charge is -2.57. The summed E-state index contributed by atoms with van der Waals surface area (Å²) in [5.41, 5.74) is -0.0473. The number of halogens is 1. The van der Waals surface area contributed by atoms with Crippen molar-refractivity contribution in [2.45, 2.75) is 85.6 Å². The molecule has 2 saturated carbocycles. The number of allylic oxidation sites excluding steroid dienone is 3. The van der Waals surface area contributed by atoms with Crippen molar-refractivity contribution in [1.29, 1.82) is 0 Å². The molecule has 0 saturated heterocycles. The second-order valence-corrected chi connectivity index (χ2v) is 11.8. The third kappa shape index (κ3) is 3.23. The van der Waals surface area contributed by atoms with Crippen molar-refractivity contribution in [2.75, 3.05) is 0 Å². The van der Waals surface area contributed by atoms with Crippen LogP contribution in [0.5, 0.6) is 0 Å². The highest BCUT2D eigenvalue weighted by molar-refractivity contribution is 5.91. The molecule has 2 fully saturated rings. The molecule has 6 atom stereocenters. The van der Waals surface area contributed by atoms with Crippen LogP contribution in [-0.2, 0) is 9.59 Å². The molecule has 2 N–H and O–H groups in total. The average molecular weight is 418 g/mol. The summed E-state index contributed by atoms with van der Waals surface area (Å²) in [4.78, 5) is 24.7. The summed E-state index contributed by atoms with van der Waals surface area (Å²) in [6, 6.07) is -0.591. The molecule has 1 amide bonds. The third-order valence-corrected chi connectivity index (χ3v) is 8.90. The quantitative estimate of drug-likeness (QED) is 0.632. The van der Waals surface area contributed by atoms with Gasteiger partial charge in [-0.2, -0.15) is 0 Å². The molecule has 30 heavy (non-hydrogen) atoms. The second-order valence-electron chi connectivity index (χ2n) is 11.8. The Balaban J connectivity index is 1.74. The van der Waals surface area contributed by atoms with Crippen LogP contribution in [0.3, 0.4) is 0 Å². The van der Waals surface area contributed by atoms with E-state index < -0.39 is 22.8 Å². The van der Waals surface area contributed by atoms with Gasteiger partial charge in [0.15, 0.2) is 0 Å². The summed E-state index contributed by atoms with van der Waals surface area (Å²) in [6.07, 6.45) is 8.32. The monoisotopic (exact) mass is 417 g/mol. The maximum absolute atomic E-state index is 15.5. The molecule has 4 aliphatic rings. The van der Waals surface area contributed by atoms with E-state index in [1.807, 2.05) is 20.8 Å². The smallest absolute Gasteiger partial charge is 0.333 e. The van der Waals surface area contributed by atoms with Crippen molar-refractivity contribution in [1.82, 2.24) is 5.32 Å². The number of nitrogens with one attached hydrogen (secondary N) is 1. The van der Waals surface area contributed by atoms with Crippen LogP contribution in [0.15, 0.2) is 23.0 Å². The van der Waals surface area contributed by atoms with Crippen LogP contribution in [-0.4, -0.2) is 23.0 Å². The lowest BCUT2D eigenvalue weighted by Crippen LogP contribution is -2.54. The second kappa shape index (κ2) is 6.93. The molecule has 5 heteroatoms. The van der Waals surface area contributed by atoms with Crippen molar-refractivity contribution in [3.05, 3.63) is 23.0 Å². The van der Waals surface area contributed by atoms with Gasteiger partial charge in [0.05, 0.1) is 11.6 Å². The predicted octanol–water partition coefficient (Wildman–Crippen LogP) is 5.40. The van der Waals surface area contributed by atoms with Crippen LogP contribution in [0, 0.1) is 34.0 Å². The van der Waals surface area contributed by atoms with E-state index in [1.165, 1.54) is 19.3 Å². The van der Waals surface area contributed by atoms with Crippen molar-refractivity contribution in [3.8, 4) is 0 Å². The fourth-order valence-electron chi connectivity index (χ4n) is 7.19. The zero-order chi connectivity index (χ0) is 22.1. The van der Waals surface area contributed by atoms with E-state index in [2.05, 4.69) is 19.2 Å². The molecule has 0 radical (unpaired) electrons. The molecular weight excluding hydrogens is 381 g/mol. The van der Waals surface area contributed by atoms with Gasteiger partial charge in [-0.3, -0.25) is 4.79 Å². The summed E-state index contributed by atoms with van der Waals surface area (Å²) in [7, 11) is 0. The number of aliphatic carboxylic acids is 1. The van der Waals surface area contributed by atoms with E-state index in [4.69, 9.17) is 0 Å². The van der Waals surface area contributed by atoms with Gasteiger partial charge >= 0.3 is 5.97 Å². The zero-order valence-corrected chi connectivity index (χ0v) is 19.0. The highest BCUT2D eigenvalue weighted by Crippen LogP contribution is 2.65. The van der Waals surface area contributed by atoms with Crippen LogP contribution in [0.2, 0.25) is 0 Å². The summed E-state index contributed by atoms with van der Waals surface area (Å²) >= 11 is 0. The standard InChI is InChI=1S/C25H36FNO3/c1-23(2,3)22(30)27-20-13-25(5)17-8-10-24(4)9-6-7-16(24)14(17)12-19(26)18(25)11-15(20)21(28)29/h11,14,16-17,20H,6-10,12-13H2,1-5H3,(H,27,30)(H,28,29)/t14?,16?,17?,20?,24-,25+/m0/s1. The minimum absolute atomic E-state index is 0.107. The Morgan fingerprint density at radius 3 is 2.50 bits per heavy atom. The number of carboxylic acid groups (broad SMARTS) is 1. The SMILES string of the molecule is CC(C)(C)C(=O)NC1C[C@@]2(C)C(=C(F)CC3C4CCC[C@@]4(C)CCC32)C=C1C(=O)O. The molecule has 4 unspecified atom stereocenters. The number of rotatable bonds is 2. The number of carbonyl (C=O) groups is 2. The first kappa shape index (κ1) is 21.6. The molecule has 0 aromatic carbocycles. The normalized spacial score (nSPS) is 40.8. The average Bonchev–Trinajstić information content (AvgIpc) is 3.02. The Kier molecular flexibility index (Phi) is 4.98. The minimum Gasteiger partial charge on any atom is -0.478 e. The highest BCUT2D eigenvalue weighted by atomic mass is 19.1. The van der Waals surface area contributed by atoms with Gasteiger partial charge in [0, 0.05) is 17.3 Å². The summed E-state index contributed by atoms with van der Waals surface area (Å²) in [5.74, 6) is -0.175. The van der Waals surface area contributed by atoms with Crippen LogP contribution < -0.4 is 5.32 Å². The molecule has 0 spiro atoms. The molecule has 4 aliphatic carbocycles. The van der Waals surface area contributed by atoms with Gasteiger partial charge in [-0.25, -0.2) is 9.18 Å². The number of fused-ring (bicyclic) bond motifs is 5. The molecule has 4 nitrogen and oxygen atoms in total. The maximum Gasteiger partial charge on any atom is 0.333 e. The zero-order valence-electron chi connectivity index (χ0n) is 19.0. The highest BCUT2D eigenvalue weighted by Gasteiger charge is 2.58. The molecule has 0 aromatic heterocycles. The van der Waals surface area contributed by atoms with Crippen LogP contribution in [0.4, 0.5) is 4.39 Å². The summed E-state index contributed by atoms with van der Waals surface area (Å²) < 4.78 is 15.5. The maximum atomic E-state index is 15.5. The Morgan fingerprint density at radius 1 is 1.17 bits per heavy atom. The Hall–Kier alpha value is -1.65. The number of amides is 1. The van der Waals surface area contributed by atoms with Crippen molar-refractivity contribution in [2.24, 2.45) is 34.0 Å². The predicted molar refractivity (Wildman–Crippen MR) is 114 cm³/mol. The Labute approximate surface area is 179 Å². The first-order valence-corrected chi connectivity index (χ1v) is 11.5. The molecule has 0 bridgehead atoms. The summed E-state index contributed by atoms with van der Waals surface area (Å²) in [5, 5.41) is 12.8. The fourth-order valence-corrected chi connectivity index (χ4v) is 7.19. The number of hydrogen-bond donors (Lipinski definition) is 2. The topological polar surface area (TPSA) is 66.4 Å². The van der Waals surface area contributed by atoms with E-state index in [9.17, 15) is 14.7 Å². The van der Waals surface area contributed by atoms with Crippen molar-refractivity contribution in [3.63, 3.8) is 0 Å². The molecular formula is C25H36FNO3. The van der Waals surface area contributed by atoms with Gasteiger partial charge in [-0.15, -0.1) is 0 Å². The minimum atomic E-state index is -1.08. The molecule has 0 aliphatic heterocycles. The van der Waals surface area contributed by atoms with Gasteiger partial charge < -0.3 is 10.4 Å². The van der Waals surface area contributed by atoms with Crippen LogP contribution in [0.25, 0.3) is 0 Å². The first-order valence-electron chi connectivity index (χ1n) is 11.5. The Morgan fingerprint density at radius 2 is 1.87 bits per heavy atom. The Bertz CT molecular complexity index is 838. The number of carboxylic acids is 1. The van der Waals surface area contributed by atoms with E-state index in [0.29, 0.717) is 41.6 Å². The van der Waals surface area contributed by atoms with Crippen molar-refractivity contribution < 1.29 is 19.1 Å². The lowest BCUT2D eigenvalue weighted by atomic mass is 9.48. The largest absolute Gasteiger partial charge is 0.478 e. The summed E-state index contributed by atoms with van der Waals surface area (Å²) in [6.45, 7) is 9.96. The van der Waals surface area contributed by atoms with Gasteiger partial charge in [0.25, 0.3) is 0 Å². The molecule has 166 valence electrons. The molecule has 0 heterocycles. The van der Waals surface area contributed by atoms with Crippen LogP contribution >= 0.6 is 0 Å². The third-order valence-electron chi connectivity index (χ3n) is 8.90. The lowest BCUT2D eigenvalue weighted by molar-refractivity contribution is -0.134. The fraction of sp³-hybridized carbons (Fsp3) is 0.760.